The zero-order valence-electron chi connectivity index (χ0n) is 8.45. The number of carbonyl (C=O) groups excluding carboxylic acids is 1. The minimum absolute atomic E-state index is 0.0689. The summed E-state index contributed by atoms with van der Waals surface area (Å²) >= 11 is 0. The number of hydrogen-bond donors (Lipinski definition) is 3. The van der Waals surface area contributed by atoms with Crippen molar-refractivity contribution >= 4 is 18.1 Å². The molecular formula is C6H11N7O3. The van der Waals surface area contributed by atoms with E-state index < -0.39 is 5.97 Å². The standard InChI is InChI=1S/C6H11N7O3/c1-15-6(14)4-5(12-16-11-4)9-2-13(8)3-10-7/h3H,2,7-8H2,1H3,(H,9,12)/b10-3-. The third-order valence-corrected chi connectivity index (χ3v) is 1.51. The van der Waals surface area contributed by atoms with Crippen LogP contribution >= 0.6 is 0 Å². The minimum atomic E-state index is -0.667. The van der Waals surface area contributed by atoms with Crippen LogP contribution in [-0.4, -0.2) is 41.4 Å². The van der Waals surface area contributed by atoms with Crippen molar-refractivity contribution in [2.75, 3.05) is 19.1 Å². The largest absolute Gasteiger partial charge is 0.464 e. The number of nitrogens with two attached hydrogens (primary N) is 2. The van der Waals surface area contributed by atoms with E-state index in [4.69, 9.17) is 11.7 Å². The molecule has 1 heterocycles. The predicted octanol–water partition coefficient (Wildman–Crippen LogP) is -1.70. The number of hydrogen-bond acceptors (Lipinski definition) is 9. The highest BCUT2D eigenvalue weighted by molar-refractivity contribution is 5.91. The molecule has 0 bridgehead atoms. The topological polar surface area (TPSA) is 145 Å². The summed E-state index contributed by atoms with van der Waals surface area (Å²) in [6, 6.07) is 0. The quantitative estimate of drug-likeness (QED) is 0.134. The van der Waals surface area contributed by atoms with Crippen molar-refractivity contribution in [1.29, 1.82) is 0 Å². The number of nitrogens with zero attached hydrogens (tertiary/aromatic N) is 4. The molecule has 1 aromatic heterocycles. The van der Waals surface area contributed by atoms with E-state index in [1.165, 1.54) is 13.4 Å². The van der Waals surface area contributed by atoms with Crippen molar-refractivity contribution < 1.29 is 14.2 Å². The van der Waals surface area contributed by atoms with Crippen molar-refractivity contribution in [2.45, 2.75) is 0 Å². The number of carbonyl (C=O) groups is 1. The second-order valence-electron chi connectivity index (χ2n) is 2.57. The zero-order chi connectivity index (χ0) is 12.0. The van der Waals surface area contributed by atoms with Crippen LogP contribution in [0.4, 0.5) is 5.82 Å². The Morgan fingerprint density at radius 2 is 2.50 bits per heavy atom. The number of anilines is 1. The Morgan fingerprint density at radius 3 is 3.12 bits per heavy atom. The minimum Gasteiger partial charge on any atom is -0.464 e. The third kappa shape index (κ3) is 2.81. The predicted molar refractivity (Wildman–Crippen MR) is 52.8 cm³/mol. The van der Waals surface area contributed by atoms with Crippen LogP contribution < -0.4 is 17.0 Å². The maximum absolute atomic E-state index is 11.1. The summed E-state index contributed by atoms with van der Waals surface area (Å²) < 4.78 is 8.84. The first-order valence-corrected chi connectivity index (χ1v) is 4.08. The van der Waals surface area contributed by atoms with Gasteiger partial charge in [-0.25, -0.2) is 15.3 Å². The van der Waals surface area contributed by atoms with Crippen LogP contribution in [0.15, 0.2) is 9.73 Å². The van der Waals surface area contributed by atoms with Crippen LogP contribution in [-0.2, 0) is 4.74 Å². The SMILES string of the molecule is COC(=O)c1nonc1NCN(N)/C=N\N. The number of rotatable bonds is 5. The normalized spacial score (nSPS) is 10.4. The van der Waals surface area contributed by atoms with Crippen LogP contribution in [0.2, 0.25) is 0 Å². The van der Waals surface area contributed by atoms with Crippen molar-refractivity contribution in [1.82, 2.24) is 15.3 Å². The molecule has 0 aliphatic rings. The summed E-state index contributed by atoms with van der Waals surface area (Å²) in [5.74, 6) is 9.73. The number of hydrazone groups is 1. The van der Waals surface area contributed by atoms with Gasteiger partial charge in [-0.3, -0.25) is 5.01 Å². The molecule has 1 aromatic rings. The van der Waals surface area contributed by atoms with E-state index in [-0.39, 0.29) is 18.2 Å². The average molecular weight is 229 g/mol. The molecule has 0 radical (unpaired) electrons. The Labute approximate surface area is 90.1 Å². The van der Waals surface area contributed by atoms with Gasteiger partial charge >= 0.3 is 5.97 Å². The monoisotopic (exact) mass is 229 g/mol. The van der Waals surface area contributed by atoms with E-state index >= 15 is 0 Å². The molecule has 10 nitrogen and oxygen atoms in total. The van der Waals surface area contributed by atoms with Gasteiger partial charge in [0.25, 0.3) is 0 Å². The van der Waals surface area contributed by atoms with Crippen LogP contribution in [0.3, 0.4) is 0 Å². The summed E-state index contributed by atoms with van der Waals surface area (Å²) in [6.45, 7) is 0.110. The first kappa shape index (κ1) is 11.7. The van der Waals surface area contributed by atoms with E-state index in [2.05, 4.69) is 30.1 Å². The highest BCUT2D eigenvalue weighted by atomic mass is 16.6. The fourth-order valence-electron chi connectivity index (χ4n) is 0.828. The summed E-state index contributed by atoms with van der Waals surface area (Å²) in [4.78, 5) is 11.1. The van der Waals surface area contributed by atoms with Crippen molar-refractivity contribution in [3.63, 3.8) is 0 Å². The molecule has 10 heteroatoms. The fraction of sp³-hybridized carbons (Fsp3) is 0.333. The molecule has 5 N–H and O–H groups in total. The Balaban J connectivity index is 2.60. The molecule has 16 heavy (non-hydrogen) atoms. The Kier molecular flexibility index (Phi) is 4.03. The molecule has 0 saturated heterocycles. The maximum Gasteiger partial charge on any atom is 0.364 e. The second-order valence-corrected chi connectivity index (χ2v) is 2.57. The number of aromatic nitrogens is 2. The molecule has 0 atom stereocenters. The number of methoxy groups -OCH3 is 1. The smallest absolute Gasteiger partial charge is 0.364 e. The Morgan fingerprint density at radius 1 is 1.75 bits per heavy atom. The second kappa shape index (κ2) is 5.50. The van der Waals surface area contributed by atoms with Crippen molar-refractivity contribution in [3.05, 3.63) is 5.69 Å². The molecule has 0 aliphatic heterocycles. The maximum atomic E-state index is 11.1. The Hall–Kier alpha value is -2.36. The third-order valence-electron chi connectivity index (χ3n) is 1.51. The number of ether oxygens (including phenoxy) is 1. The highest BCUT2D eigenvalue weighted by Crippen LogP contribution is 2.09. The van der Waals surface area contributed by atoms with Crippen LogP contribution in [0.25, 0.3) is 0 Å². The average Bonchev–Trinajstić information content (AvgIpc) is 2.74. The van der Waals surface area contributed by atoms with E-state index in [0.29, 0.717) is 0 Å². The highest BCUT2D eigenvalue weighted by Gasteiger charge is 2.18. The first-order chi connectivity index (χ1) is 7.69. The van der Waals surface area contributed by atoms with Gasteiger partial charge in [0.2, 0.25) is 11.5 Å². The van der Waals surface area contributed by atoms with Crippen LogP contribution in [0.5, 0.6) is 0 Å². The van der Waals surface area contributed by atoms with Gasteiger partial charge < -0.3 is 15.9 Å². The lowest BCUT2D eigenvalue weighted by molar-refractivity contribution is 0.0589. The lowest BCUT2D eigenvalue weighted by Crippen LogP contribution is -2.35. The molecule has 1 rings (SSSR count). The van der Waals surface area contributed by atoms with E-state index in [0.717, 1.165) is 5.01 Å². The van der Waals surface area contributed by atoms with E-state index in [9.17, 15) is 4.79 Å². The van der Waals surface area contributed by atoms with Gasteiger partial charge in [-0.15, -0.1) is 0 Å². The van der Waals surface area contributed by atoms with Crippen molar-refractivity contribution in [2.24, 2.45) is 16.8 Å². The van der Waals surface area contributed by atoms with Crippen LogP contribution in [0, 0.1) is 0 Å². The van der Waals surface area contributed by atoms with Crippen molar-refractivity contribution in [3.8, 4) is 0 Å². The van der Waals surface area contributed by atoms with E-state index in [1.54, 1.807) is 0 Å². The summed E-state index contributed by atoms with van der Waals surface area (Å²) in [5.41, 5.74) is -0.0689. The summed E-state index contributed by atoms with van der Waals surface area (Å²) in [5, 5.41) is 13.8. The van der Waals surface area contributed by atoms with Gasteiger partial charge in [0, 0.05) is 0 Å². The molecule has 0 saturated carbocycles. The zero-order valence-corrected chi connectivity index (χ0v) is 8.45. The lowest BCUT2D eigenvalue weighted by atomic mass is 10.4. The Bertz CT molecular complexity index is 376. The number of hydrazine groups is 1. The van der Waals surface area contributed by atoms with Gasteiger partial charge in [-0.1, -0.05) is 0 Å². The fourth-order valence-corrected chi connectivity index (χ4v) is 0.828. The van der Waals surface area contributed by atoms with Gasteiger partial charge in [0.15, 0.2) is 0 Å². The number of nitrogens with one attached hydrogen (secondary N) is 1. The van der Waals surface area contributed by atoms with Crippen LogP contribution in [0.1, 0.15) is 10.5 Å². The summed E-state index contributed by atoms with van der Waals surface area (Å²) in [7, 11) is 1.22. The molecule has 0 unspecified atom stereocenters. The van der Waals surface area contributed by atoms with Gasteiger partial charge in [0.05, 0.1) is 7.11 Å². The lowest BCUT2D eigenvalue weighted by Gasteiger charge is -2.11. The summed E-state index contributed by atoms with van der Waals surface area (Å²) in [6.07, 6.45) is 1.18. The molecule has 0 spiro atoms. The molecule has 0 fully saturated rings. The van der Waals surface area contributed by atoms with Gasteiger partial charge in [-0.05, 0) is 10.3 Å². The molecule has 0 amide bonds. The van der Waals surface area contributed by atoms with Gasteiger partial charge in [-0.2, -0.15) is 5.10 Å². The van der Waals surface area contributed by atoms with E-state index in [1.807, 2.05) is 0 Å². The molecular weight excluding hydrogens is 218 g/mol. The molecule has 0 aromatic carbocycles. The molecule has 0 aliphatic carbocycles. The van der Waals surface area contributed by atoms with Gasteiger partial charge in [0.1, 0.15) is 13.0 Å². The first-order valence-electron chi connectivity index (χ1n) is 4.08. The molecule has 88 valence electrons. The number of esters is 1.